The second kappa shape index (κ2) is 8.66. The Balaban J connectivity index is 1.62. The highest BCUT2D eigenvalue weighted by atomic mass is 32.1. The fourth-order valence-electron chi connectivity index (χ4n) is 3.56. The van der Waals surface area contributed by atoms with Gasteiger partial charge in [0.1, 0.15) is 23.7 Å². The van der Waals surface area contributed by atoms with Gasteiger partial charge in [0, 0.05) is 37.0 Å². The molecule has 0 spiro atoms. The lowest BCUT2D eigenvalue weighted by molar-refractivity contribution is -0.132. The summed E-state index contributed by atoms with van der Waals surface area (Å²) in [7, 11) is 0. The predicted octanol–water partition coefficient (Wildman–Crippen LogP) is 4.18. The molecule has 1 aliphatic heterocycles. The number of hydrogen-bond acceptors (Lipinski definition) is 7. The van der Waals surface area contributed by atoms with Crippen molar-refractivity contribution in [2.45, 2.75) is 19.8 Å². The Labute approximate surface area is 178 Å². The molecule has 30 heavy (non-hydrogen) atoms. The molecule has 0 aliphatic carbocycles. The van der Waals surface area contributed by atoms with E-state index in [9.17, 15) is 9.18 Å². The zero-order chi connectivity index (χ0) is 21.1. The third kappa shape index (κ3) is 4.20. The van der Waals surface area contributed by atoms with E-state index in [0.717, 1.165) is 36.9 Å². The normalized spacial score (nSPS) is 13.5. The van der Waals surface area contributed by atoms with Gasteiger partial charge in [0.25, 0.3) is 5.91 Å². The summed E-state index contributed by atoms with van der Waals surface area (Å²) in [5.41, 5.74) is 2.73. The average molecular weight is 425 g/mol. The molecule has 154 valence electrons. The van der Waals surface area contributed by atoms with E-state index >= 15 is 0 Å². The average Bonchev–Trinajstić information content (AvgIpc) is 3.28. The van der Waals surface area contributed by atoms with E-state index < -0.39 is 5.82 Å². The molecule has 1 amide bonds. The molecular formula is C21H20FN5O2S. The highest BCUT2D eigenvalue weighted by Crippen LogP contribution is 2.33. The number of aryl methyl sites for hydroxylation is 1. The van der Waals surface area contributed by atoms with Gasteiger partial charge in [-0.1, -0.05) is 0 Å². The standard InChI is InChI=1S/C21H20FN5O2S/c1-13-8-15(26-30)10-17-20(13)21(24-12-23-17)25-16-5-4-14(22)9-18(16)29-11-19(28)27-6-2-3-7-27/h4-5,8-10,12H,2-3,6-7,11H2,1H3,(H,23,24,25). The van der Waals surface area contributed by atoms with Gasteiger partial charge < -0.3 is 15.0 Å². The number of anilines is 2. The second-order valence-electron chi connectivity index (χ2n) is 7.11. The number of nitrogens with zero attached hydrogens (tertiary/aromatic N) is 4. The minimum atomic E-state index is -0.454. The van der Waals surface area contributed by atoms with Crippen LogP contribution in [-0.2, 0) is 17.2 Å². The molecule has 1 aromatic heterocycles. The SMILES string of the molecule is Cc1cc(N=S)cc2ncnc(Nc3ccc(F)cc3OCC(=O)N3CCCC3)c12. The summed E-state index contributed by atoms with van der Waals surface area (Å²) >= 11 is 4.78. The number of amides is 1. The summed E-state index contributed by atoms with van der Waals surface area (Å²) in [4.78, 5) is 22.7. The van der Waals surface area contributed by atoms with Crippen molar-refractivity contribution in [1.29, 1.82) is 0 Å². The molecule has 1 saturated heterocycles. The number of aromatic nitrogens is 2. The van der Waals surface area contributed by atoms with E-state index in [-0.39, 0.29) is 18.3 Å². The van der Waals surface area contributed by atoms with Crippen molar-refractivity contribution in [1.82, 2.24) is 14.9 Å². The summed E-state index contributed by atoms with van der Waals surface area (Å²) < 4.78 is 23.3. The number of fused-ring (bicyclic) bond motifs is 1. The van der Waals surface area contributed by atoms with Gasteiger partial charge in [0.05, 0.1) is 16.9 Å². The van der Waals surface area contributed by atoms with E-state index in [0.29, 0.717) is 22.7 Å². The van der Waals surface area contributed by atoms with Crippen LogP contribution < -0.4 is 10.1 Å². The lowest BCUT2D eigenvalue weighted by atomic mass is 10.1. The maximum Gasteiger partial charge on any atom is 0.260 e. The van der Waals surface area contributed by atoms with Gasteiger partial charge in [0.15, 0.2) is 6.61 Å². The Bertz CT molecular complexity index is 1120. The number of carbonyl (C=O) groups is 1. The first-order valence-electron chi connectivity index (χ1n) is 9.61. The summed E-state index contributed by atoms with van der Waals surface area (Å²) in [5.74, 6) is 0.218. The lowest BCUT2D eigenvalue weighted by Gasteiger charge is -2.18. The van der Waals surface area contributed by atoms with E-state index in [1.807, 2.05) is 13.0 Å². The largest absolute Gasteiger partial charge is 0.481 e. The molecule has 1 fully saturated rings. The maximum absolute atomic E-state index is 13.9. The van der Waals surface area contributed by atoms with Crippen LogP contribution in [0.4, 0.5) is 21.6 Å². The van der Waals surface area contributed by atoms with Crippen molar-refractivity contribution >= 4 is 46.4 Å². The third-order valence-electron chi connectivity index (χ3n) is 5.03. The number of likely N-dealkylation sites (tertiary alicyclic amines) is 1. The second-order valence-corrected chi connectivity index (χ2v) is 7.29. The molecule has 2 heterocycles. The maximum atomic E-state index is 13.9. The van der Waals surface area contributed by atoms with Crippen LogP contribution in [0, 0.1) is 12.7 Å². The van der Waals surface area contributed by atoms with Crippen LogP contribution in [0.15, 0.2) is 41.0 Å². The van der Waals surface area contributed by atoms with Gasteiger partial charge in [-0.3, -0.25) is 4.79 Å². The van der Waals surface area contributed by atoms with Gasteiger partial charge >= 0.3 is 0 Å². The molecule has 0 saturated carbocycles. The van der Waals surface area contributed by atoms with Crippen molar-refractivity contribution in [3.05, 3.63) is 48.0 Å². The molecule has 1 aliphatic rings. The van der Waals surface area contributed by atoms with Crippen LogP contribution in [0.25, 0.3) is 10.9 Å². The fourth-order valence-corrected chi connectivity index (χ4v) is 3.67. The van der Waals surface area contributed by atoms with Crippen molar-refractivity contribution < 1.29 is 13.9 Å². The number of benzene rings is 2. The van der Waals surface area contributed by atoms with Gasteiger partial charge in [-0.15, -0.1) is 0 Å². The third-order valence-corrected chi connectivity index (χ3v) is 5.24. The summed E-state index contributed by atoms with van der Waals surface area (Å²) in [6.45, 7) is 3.24. The summed E-state index contributed by atoms with van der Waals surface area (Å²) in [6.07, 6.45) is 3.43. The van der Waals surface area contributed by atoms with E-state index in [2.05, 4.69) is 19.6 Å². The number of hydrogen-bond donors (Lipinski definition) is 1. The molecule has 9 heteroatoms. The van der Waals surface area contributed by atoms with Crippen molar-refractivity contribution in [3.63, 3.8) is 0 Å². The van der Waals surface area contributed by atoms with E-state index in [4.69, 9.17) is 17.2 Å². The monoisotopic (exact) mass is 425 g/mol. The van der Waals surface area contributed by atoms with Gasteiger partial charge in [0.2, 0.25) is 0 Å². The highest BCUT2D eigenvalue weighted by Gasteiger charge is 2.19. The van der Waals surface area contributed by atoms with Crippen molar-refractivity contribution in [2.24, 2.45) is 4.36 Å². The first-order valence-corrected chi connectivity index (χ1v) is 9.97. The Hall–Kier alpha value is -3.20. The first-order chi connectivity index (χ1) is 14.5. The minimum absolute atomic E-state index is 0.105. The van der Waals surface area contributed by atoms with Crippen LogP contribution in [-0.4, -0.2) is 40.5 Å². The number of ether oxygens (including phenoxy) is 1. The van der Waals surface area contributed by atoms with Crippen LogP contribution in [0.2, 0.25) is 0 Å². The molecule has 0 atom stereocenters. The number of rotatable bonds is 6. The number of nitrogens with one attached hydrogen (secondary N) is 1. The van der Waals surface area contributed by atoms with Crippen molar-refractivity contribution in [3.8, 4) is 5.75 Å². The van der Waals surface area contributed by atoms with Crippen LogP contribution in [0.1, 0.15) is 18.4 Å². The molecule has 0 unspecified atom stereocenters. The molecule has 4 rings (SSSR count). The van der Waals surface area contributed by atoms with Gasteiger partial charge in [-0.05, 0) is 49.6 Å². The van der Waals surface area contributed by atoms with Gasteiger partial charge in [-0.25, -0.2) is 14.4 Å². The smallest absolute Gasteiger partial charge is 0.260 e. The topological polar surface area (TPSA) is 79.7 Å². The van der Waals surface area contributed by atoms with Crippen LogP contribution >= 0.6 is 0 Å². The number of halogens is 1. The predicted molar refractivity (Wildman–Crippen MR) is 115 cm³/mol. The Kier molecular flexibility index (Phi) is 5.80. The van der Waals surface area contributed by atoms with E-state index in [1.54, 1.807) is 17.0 Å². The Morgan fingerprint density at radius 1 is 1.27 bits per heavy atom. The van der Waals surface area contributed by atoms with Crippen LogP contribution in [0.3, 0.4) is 0 Å². The molecule has 0 radical (unpaired) electrons. The van der Waals surface area contributed by atoms with Crippen LogP contribution in [0.5, 0.6) is 5.75 Å². The Morgan fingerprint density at radius 2 is 2.07 bits per heavy atom. The lowest BCUT2D eigenvalue weighted by Crippen LogP contribution is -2.32. The van der Waals surface area contributed by atoms with E-state index in [1.165, 1.54) is 18.5 Å². The minimum Gasteiger partial charge on any atom is -0.481 e. The summed E-state index contributed by atoms with van der Waals surface area (Å²) in [6, 6.07) is 7.76. The molecule has 2 aromatic carbocycles. The Morgan fingerprint density at radius 3 is 2.83 bits per heavy atom. The fraction of sp³-hybridized carbons (Fsp3) is 0.286. The summed E-state index contributed by atoms with van der Waals surface area (Å²) in [5, 5.41) is 3.98. The number of carbonyl (C=O) groups excluding carboxylic acids is 1. The first kappa shape index (κ1) is 20.1. The van der Waals surface area contributed by atoms with Gasteiger partial charge in [-0.2, -0.15) is 4.36 Å². The molecule has 3 aromatic rings. The van der Waals surface area contributed by atoms with Crippen molar-refractivity contribution in [2.75, 3.05) is 25.0 Å². The highest BCUT2D eigenvalue weighted by molar-refractivity contribution is 7.47. The molecular weight excluding hydrogens is 405 g/mol. The quantitative estimate of drug-likeness (QED) is 0.638. The molecule has 0 bridgehead atoms. The molecule has 1 N–H and O–H groups in total. The zero-order valence-corrected chi connectivity index (χ0v) is 17.2. The molecule has 7 nitrogen and oxygen atoms in total. The zero-order valence-electron chi connectivity index (χ0n) is 16.4.